The van der Waals surface area contributed by atoms with E-state index in [1.807, 2.05) is 0 Å². The minimum absolute atomic E-state index is 0.00365. The first-order valence-electron chi connectivity index (χ1n) is 19.3. The Hall–Kier alpha value is -5.46. The monoisotopic (exact) mass is 670 g/mol. The number of allylic oxidation sites excluding steroid dienone is 21. The lowest BCUT2D eigenvalue weighted by Gasteiger charge is -2.32. The van der Waals surface area contributed by atoms with Crippen LogP contribution in [0.4, 0.5) is 0 Å². The zero-order valence-corrected chi connectivity index (χ0v) is 30.0. The number of aryl methyl sites for hydroxylation is 1. The van der Waals surface area contributed by atoms with E-state index >= 15 is 0 Å². The van der Waals surface area contributed by atoms with Crippen molar-refractivity contribution < 1.29 is 0 Å². The summed E-state index contributed by atoms with van der Waals surface area (Å²) in [4.78, 5) is 0. The maximum absolute atomic E-state index is 2.49. The quantitative estimate of drug-likeness (QED) is 0.259. The van der Waals surface area contributed by atoms with Gasteiger partial charge in [0.25, 0.3) is 0 Å². The lowest BCUT2D eigenvalue weighted by Crippen LogP contribution is -2.30. The first-order chi connectivity index (χ1) is 25.8. The smallest absolute Gasteiger partial charge is 0.0285 e. The molecule has 0 amide bonds. The van der Waals surface area contributed by atoms with Crippen LogP contribution in [0, 0.1) is 10.8 Å². The fraction of sp³-hybridized carbons (Fsp3) is 0.192. The van der Waals surface area contributed by atoms with Crippen molar-refractivity contribution in [2.45, 2.75) is 51.4 Å². The number of benzene rings is 3. The van der Waals surface area contributed by atoms with Gasteiger partial charge in [0.2, 0.25) is 0 Å². The van der Waals surface area contributed by atoms with E-state index in [2.05, 4.69) is 182 Å². The van der Waals surface area contributed by atoms with Gasteiger partial charge in [-0.3, -0.25) is 0 Å². The van der Waals surface area contributed by atoms with Crippen molar-refractivity contribution in [2.75, 3.05) is 0 Å². The Morgan fingerprint density at radius 1 is 0.481 bits per heavy atom. The van der Waals surface area contributed by atoms with Gasteiger partial charge >= 0.3 is 0 Å². The summed E-state index contributed by atoms with van der Waals surface area (Å²) in [6, 6.07) is 25.8. The van der Waals surface area contributed by atoms with Crippen molar-refractivity contribution in [3.05, 3.63) is 220 Å². The van der Waals surface area contributed by atoms with Crippen LogP contribution in [0.2, 0.25) is 0 Å². The third kappa shape index (κ3) is 5.81. The molecule has 3 aromatic carbocycles. The minimum atomic E-state index is -0.0167. The molecule has 52 heavy (non-hydrogen) atoms. The molecule has 0 heteroatoms. The Kier molecular flexibility index (Phi) is 8.69. The fourth-order valence-electron chi connectivity index (χ4n) is 9.33. The van der Waals surface area contributed by atoms with Gasteiger partial charge < -0.3 is 0 Å². The molecule has 9 rings (SSSR count). The van der Waals surface area contributed by atoms with E-state index in [-0.39, 0.29) is 10.8 Å². The van der Waals surface area contributed by atoms with Gasteiger partial charge in [0.15, 0.2) is 0 Å². The average Bonchev–Trinajstić information content (AvgIpc) is 3.91. The van der Waals surface area contributed by atoms with Gasteiger partial charge in [-0.25, -0.2) is 0 Å². The van der Waals surface area contributed by atoms with Crippen molar-refractivity contribution in [1.29, 1.82) is 0 Å². The molecule has 0 nitrogen and oxygen atoms in total. The molecule has 3 aromatic rings. The molecule has 2 unspecified atom stereocenters. The van der Waals surface area contributed by atoms with E-state index in [0.29, 0.717) is 0 Å². The lowest BCUT2D eigenvalue weighted by molar-refractivity contribution is 0.695. The summed E-state index contributed by atoms with van der Waals surface area (Å²) in [5.74, 6) is 0. The molecule has 0 aromatic heterocycles. The first kappa shape index (κ1) is 32.4. The predicted octanol–water partition coefficient (Wildman–Crippen LogP) is 11.7. The van der Waals surface area contributed by atoms with Gasteiger partial charge in [0, 0.05) is 10.8 Å². The van der Waals surface area contributed by atoms with E-state index in [4.69, 9.17) is 0 Å². The molecule has 0 aliphatic heterocycles. The summed E-state index contributed by atoms with van der Waals surface area (Å²) in [5.41, 5.74) is 14.0. The van der Waals surface area contributed by atoms with E-state index in [1.165, 1.54) is 66.1 Å². The standard InChI is InChI=1S/C52H46/c1-2-5-9-21-40(22-10-6-3-1)45-26-11-7-4-8-12-27-46(48-29-16-15-28-47(45)48)42-24-19-25-43(37-42)49-32-33-50(52-35-18-17-34-51(49,52)38-52)44-31-30-39-20-13-14-23-41(39)36-44/h1-2,4-10,12,14-19,22-25,28-37H,3,11,13,20-21,26-27,38H2/b2-1-,7-4-,9-5-,10-6-,12-8-,40-22+,47-45+,48-46+. The molecular weight excluding hydrogens is 625 g/mol. The highest BCUT2D eigenvalue weighted by Crippen LogP contribution is 2.78. The second-order valence-corrected chi connectivity index (χ2v) is 15.0. The summed E-state index contributed by atoms with van der Waals surface area (Å²) in [6.07, 6.45) is 52.1. The zero-order valence-electron chi connectivity index (χ0n) is 30.0. The summed E-state index contributed by atoms with van der Waals surface area (Å²) in [6.45, 7) is 0. The van der Waals surface area contributed by atoms with Crippen molar-refractivity contribution in [3.63, 3.8) is 0 Å². The molecule has 1 fully saturated rings. The van der Waals surface area contributed by atoms with Gasteiger partial charge in [-0.05, 0) is 130 Å². The summed E-state index contributed by atoms with van der Waals surface area (Å²) in [5, 5.41) is 2.70. The highest BCUT2D eigenvalue weighted by Gasteiger charge is 2.69. The molecule has 2 atom stereocenters. The second kappa shape index (κ2) is 13.9. The van der Waals surface area contributed by atoms with Crippen molar-refractivity contribution >= 4 is 28.4 Å². The normalized spacial score (nSPS) is 30.7. The van der Waals surface area contributed by atoms with Crippen LogP contribution in [0.5, 0.6) is 0 Å². The van der Waals surface area contributed by atoms with Gasteiger partial charge in [0.1, 0.15) is 0 Å². The van der Waals surface area contributed by atoms with Crippen molar-refractivity contribution in [3.8, 4) is 0 Å². The second-order valence-electron chi connectivity index (χ2n) is 15.0. The van der Waals surface area contributed by atoms with Crippen LogP contribution in [0.1, 0.15) is 72.8 Å². The van der Waals surface area contributed by atoms with Crippen LogP contribution in [-0.2, 0) is 6.42 Å². The van der Waals surface area contributed by atoms with E-state index in [0.717, 1.165) is 51.4 Å². The molecule has 1 saturated carbocycles. The Bertz CT molecular complexity index is 2400. The molecule has 0 bridgehead atoms. The molecule has 0 spiro atoms. The maximum Gasteiger partial charge on any atom is 0.0285 e. The molecule has 6 aliphatic carbocycles. The molecule has 0 N–H and O–H groups in total. The van der Waals surface area contributed by atoms with Gasteiger partial charge in [-0.1, -0.05) is 170 Å². The van der Waals surface area contributed by atoms with Crippen LogP contribution >= 0.6 is 0 Å². The first-order valence-corrected chi connectivity index (χ1v) is 19.3. The number of fused-ring (bicyclic) bond motifs is 2. The highest BCUT2D eigenvalue weighted by molar-refractivity contribution is 5.94. The van der Waals surface area contributed by atoms with Gasteiger partial charge in [-0.15, -0.1) is 0 Å². The topological polar surface area (TPSA) is 0 Å². The third-order valence-corrected chi connectivity index (χ3v) is 12.0. The Morgan fingerprint density at radius 2 is 1.17 bits per heavy atom. The van der Waals surface area contributed by atoms with Crippen LogP contribution in [0.15, 0.2) is 182 Å². The molecular formula is C52H46. The molecule has 0 saturated heterocycles. The zero-order chi connectivity index (χ0) is 34.8. The highest BCUT2D eigenvalue weighted by atomic mass is 14.7. The number of hydrogen-bond acceptors (Lipinski definition) is 0. The fourth-order valence-corrected chi connectivity index (χ4v) is 9.33. The number of rotatable bonds is 4. The van der Waals surface area contributed by atoms with E-state index in [9.17, 15) is 0 Å². The average molecular weight is 671 g/mol. The van der Waals surface area contributed by atoms with Crippen LogP contribution in [-0.4, -0.2) is 0 Å². The Balaban J connectivity index is 1.19. The largest absolute Gasteiger partial charge is 0.0842 e. The van der Waals surface area contributed by atoms with Gasteiger partial charge in [-0.2, -0.15) is 0 Å². The SMILES string of the molecule is C1=CC23CC2(C=C1)C(c1ccc2c(c1)C=CCC2)=CC=C3c1cccc(\C2=c3/cccc/c3=C(\C3=C\C=C/C/C=C\C=C/C3)CC/C=C\C=C/C2)c1. The van der Waals surface area contributed by atoms with E-state index in [1.54, 1.807) is 0 Å². The lowest BCUT2D eigenvalue weighted by atomic mass is 9.71. The summed E-state index contributed by atoms with van der Waals surface area (Å²) < 4.78 is 0. The molecule has 254 valence electrons. The van der Waals surface area contributed by atoms with Gasteiger partial charge in [0.05, 0.1) is 0 Å². The Morgan fingerprint density at radius 3 is 2.02 bits per heavy atom. The van der Waals surface area contributed by atoms with Crippen LogP contribution in [0.25, 0.3) is 28.4 Å². The van der Waals surface area contributed by atoms with E-state index < -0.39 is 0 Å². The van der Waals surface area contributed by atoms with Crippen LogP contribution in [0.3, 0.4) is 0 Å². The minimum Gasteiger partial charge on any atom is -0.0842 e. The molecule has 0 heterocycles. The van der Waals surface area contributed by atoms with Crippen molar-refractivity contribution in [1.82, 2.24) is 0 Å². The maximum atomic E-state index is 2.49. The number of hydrogen-bond donors (Lipinski definition) is 0. The predicted molar refractivity (Wildman–Crippen MR) is 222 cm³/mol. The molecule has 0 radical (unpaired) electrons. The Labute approximate surface area is 309 Å². The molecule has 6 aliphatic rings. The third-order valence-electron chi connectivity index (χ3n) is 12.0. The summed E-state index contributed by atoms with van der Waals surface area (Å²) >= 11 is 0. The van der Waals surface area contributed by atoms with Crippen LogP contribution < -0.4 is 10.4 Å². The van der Waals surface area contributed by atoms with Crippen molar-refractivity contribution in [2.24, 2.45) is 10.8 Å². The summed E-state index contributed by atoms with van der Waals surface area (Å²) in [7, 11) is 0.